The number of hydrogen-bond donors (Lipinski definition) is 1. The van der Waals surface area contributed by atoms with Crippen LogP contribution in [0.1, 0.15) is 0 Å². The molecule has 160 valence electrons. The molecule has 0 atom stereocenters. The number of benzene rings is 1. The Kier molecular flexibility index (Phi) is 5.99. The number of anilines is 4. The van der Waals surface area contributed by atoms with Crippen LogP contribution in [-0.4, -0.2) is 53.2 Å². The SMILES string of the molecule is COc1ccc(N2CCN(c3ncnc(Nc4cccnc4Cl)c3[N+](=O)[O-])CC2)cc1. The zero-order valence-corrected chi connectivity index (χ0v) is 17.5. The lowest BCUT2D eigenvalue weighted by molar-refractivity contribution is -0.383. The predicted molar refractivity (Wildman–Crippen MR) is 119 cm³/mol. The summed E-state index contributed by atoms with van der Waals surface area (Å²) in [5.74, 6) is 1.15. The normalized spacial score (nSPS) is 13.7. The quantitative estimate of drug-likeness (QED) is 0.349. The molecule has 0 aliphatic carbocycles. The highest BCUT2D eigenvalue weighted by atomic mass is 35.5. The van der Waals surface area contributed by atoms with Crippen LogP contribution in [0, 0.1) is 10.1 Å². The van der Waals surface area contributed by atoms with Crippen LogP contribution < -0.4 is 19.9 Å². The Hall–Kier alpha value is -3.66. The highest BCUT2D eigenvalue weighted by molar-refractivity contribution is 6.32. The smallest absolute Gasteiger partial charge is 0.353 e. The van der Waals surface area contributed by atoms with Crippen molar-refractivity contribution >= 4 is 40.3 Å². The average molecular weight is 442 g/mol. The number of pyridine rings is 1. The van der Waals surface area contributed by atoms with Gasteiger partial charge in [-0.1, -0.05) is 11.6 Å². The minimum Gasteiger partial charge on any atom is -0.497 e. The maximum atomic E-state index is 11.9. The lowest BCUT2D eigenvalue weighted by Gasteiger charge is -2.36. The zero-order valence-electron chi connectivity index (χ0n) is 16.7. The molecule has 11 heteroatoms. The maximum Gasteiger partial charge on any atom is 0.353 e. The highest BCUT2D eigenvalue weighted by Gasteiger charge is 2.29. The molecule has 3 heterocycles. The van der Waals surface area contributed by atoms with E-state index < -0.39 is 4.92 Å². The predicted octanol–water partition coefficient (Wildman–Crippen LogP) is 3.51. The van der Waals surface area contributed by atoms with Gasteiger partial charge in [0.2, 0.25) is 11.6 Å². The molecule has 31 heavy (non-hydrogen) atoms. The topological polar surface area (TPSA) is 110 Å². The van der Waals surface area contributed by atoms with Gasteiger partial charge in [0.1, 0.15) is 12.1 Å². The fourth-order valence-electron chi connectivity index (χ4n) is 3.44. The summed E-state index contributed by atoms with van der Waals surface area (Å²) in [6.07, 6.45) is 2.85. The Morgan fingerprint density at radius 1 is 1.06 bits per heavy atom. The van der Waals surface area contributed by atoms with Crippen molar-refractivity contribution in [3.05, 3.63) is 64.2 Å². The molecule has 0 saturated carbocycles. The van der Waals surface area contributed by atoms with E-state index in [9.17, 15) is 10.1 Å². The van der Waals surface area contributed by atoms with Crippen molar-refractivity contribution in [1.82, 2.24) is 15.0 Å². The molecule has 3 aromatic rings. The first-order valence-electron chi connectivity index (χ1n) is 9.57. The molecule has 1 aliphatic rings. The zero-order chi connectivity index (χ0) is 21.8. The van der Waals surface area contributed by atoms with Crippen molar-refractivity contribution in [3.63, 3.8) is 0 Å². The summed E-state index contributed by atoms with van der Waals surface area (Å²) in [5.41, 5.74) is 1.31. The van der Waals surface area contributed by atoms with Crippen molar-refractivity contribution in [2.75, 3.05) is 48.4 Å². The fraction of sp³-hybridized carbons (Fsp3) is 0.250. The second kappa shape index (κ2) is 9.00. The molecule has 1 N–H and O–H groups in total. The number of ether oxygens (including phenoxy) is 1. The summed E-state index contributed by atoms with van der Waals surface area (Å²) in [7, 11) is 1.63. The van der Waals surface area contributed by atoms with Crippen molar-refractivity contribution in [2.24, 2.45) is 0 Å². The van der Waals surface area contributed by atoms with E-state index >= 15 is 0 Å². The van der Waals surface area contributed by atoms with Gasteiger partial charge in [-0.25, -0.2) is 15.0 Å². The Labute approximate surface area is 183 Å². The minimum absolute atomic E-state index is 0.0717. The van der Waals surface area contributed by atoms with E-state index in [1.165, 1.54) is 12.5 Å². The third-order valence-electron chi connectivity index (χ3n) is 5.01. The van der Waals surface area contributed by atoms with Gasteiger partial charge in [0.25, 0.3) is 0 Å². The molecule has 1 fully saturated rings. The molecule has 0 radical (unpaired) electrons. The van der Waals surface area contributed by atoms with E-state index in [-0.39, 0.29) is 22.5 Å². The standard InChI is InChI=1S/C20H20ClN7O3/c1-31-15-6-4-14(5-7-15)26-9-11-27(12-10-26)20-17(28(29)30)19(23-13-24-20)25-16-3-2-8-22-18(16)21/h2-8,13H,9-12H2,1H3,(H,23,24,25). The Balaban J connectivity index is 1.54. The molecular weight excluding hydrogens is 422 g/mol. The Bertz CT molecular complexity index is 1070. The van der Waals surface area contributed by atoms with Crippen LogP contribution in [0.5, 0.6) is 5.75 Å². The molecule has 0 bridgehead atoms. The summed E-state index contributed by atoms with van der Waals surface area (Å²) < 4.78 is 5.21. The second-order valence-corrected chi connectivity index (χ2v) is 7.15. The van der Waals surface area contributed by atoms with E-state index in [1.807, 2.05) is 29.2 Å². The van der Waals surface area contributed by atoms with Gasteiger partial charge in [-0.2, -0.15) is 0 Å². The van der Waals surface area contributed by atoms with E-state index in [2.05, 4.69) is 25.2 Å². The van der Waals surface area contributed by atoms with Crippen molar-refractivity contribution in [2.45, 2.75) is 0 Å². The summed E-state index contributed by atoms with van der Waals surface area (Å²) in [4.78, 5) is 27.8. The number of rotatable bonds is 6. The maximum absolute atomic E-state index is 11.9. The van der Waals surface area contributed by atoms with Crippen LogP contribution in [0.2, 0.25) is 5.15 Å². The summed E-state index contributed by atoms with van der Waals surface area (Å²) in [6, 6.07) is 11.2. The van der Waals surface area contributed by atoms with Gasteiger partial charge < -0.3 is 19.9 Å². The minimum atomic E-state index is -0.474. The summed E-state index contributed by atoms with van der Waals surface area (Å²) in [6.45, 7) is 2.56. The van der Waals surface area contributed by atoms with Crippen LogP contribution in [0.25, 0.3) is 0 Å². The summed E-state index contributed by atoms with van der Waals surface area (Å²) >= 11 is 6.08. The third-order valence-corrected chi connectivity index (χ3v) is 5.32. The molecule has 1 aromatic carbocycles. The number of methoxy groups -OCH3 is 1. The molecule has 10 nitrogen and oxygen atoms in total. The van der Waals surface area contributed by atoms with Gasteiger partial charge in [0.15, 0.2) is 5.15 Å². The number of halogens is 1. The molecule has 2 aromatic heterocycles. The first-order chi connectivity index (χ1) is 15.1. The van der Waals surface area contributed by atoms with Gasteiger partial charge in [0, 0.05) is 38.1 Å². The van der Waals surface area contributed by atoms with E-state index in [4.69, 9.17) is 16.3 Å². The third kappa shape index (κ3) is 4.43. The molecule has 0 spiro atoms. The number of aromatic nitrogens is 3. The number of nitrogens with one attached hydrogen (secondary N) is 1. The van der Waals surface area contributed by atoms with Gasteiger partial charge in [-0.3, -0.25) is 10.1 Å². The van der Waals surface area contributed by atoms with Gasteiger partial charge >= 0.3 is 5.69 Å². The molecule has 1 aliphatic heterocycles. The van der Waals surface area contributed by atoms with E-state index in [0.717, 1.165) is 11.4 Å². The molecule has 4 rings (SSSR count). The monoisotopic (exact) mass is 441 g/mol. The number of nitro groups is 1. The lowest BCUT2D eigenvalue weighted by Crippen LogP contribution is -2.47. The summed E-state index contributed by atoms with van der Waals surface area (Å²) in [5, 5.41) is 15.0. The Morgan fingerprint density at radius 3 is 2.42 bits per heavy atom. The van der Waals surface area contributed by atoms with Crippen LogP contribution in [-0.2, 0) is 0 Å². The van der Waals surface area contributed by atoms with Crippen molar-refractivity contribution in [3.8, 4) is 5.75 Å². The average Bonchev–Trinajstić information content (AvgIpc) is 2.80. The highest BCUT2D eigenvalue weighted by Crippen LogP contribution is 2.35. The van der Waals surface area contributed by atoms with E-state index in [0.29, 0.717) is 31.9 Å². The van der Waals surface area contributed by atoms with Gasteiger partial charge in [-0.05, 0) is 36.4 Å². The molecule has 1 saturated heterocycles. The van der Waals surface area contributed by atoms with E-state index in [1.54, 1.807) is 19.2 Å². The molecule has 0 unspecified atom stereocenters. The molecule has 0 amide bonds. The largest absolute Gasteiger partial charge is 0.497 e. The second-order valence-electron chi connectivity index (χ2n) is 6.79. The van der Waals surface area contributed by atoms with Crippen molar-refractivity contribution in [1.29, 1.82) is 0 Å². The van der Waals surface area contributed by atoms with Crippen LogP contribution in [0.4, 0.5) is 28.7 Å². The number of nitrogens with zero attached hydrogens (tertiary/aromatic N) is 6. The van der Waals surface area contributed by atoms with Crippen LogP contribution in [0.15, 0.2) is 48.9 Å². The molecular formula is C20H20ClN7O3. The van der Waals surface area contributed by atoms with Gasteiger partial charge in [-0.15, -0.1) is 0 Å². The first kappa shape index (κ1) is 20.6. The van der Waals surface area contributed by atoms with Crippen LogP contribution in [0.3, 0.4) is 0 Å². The number of hydrogen-bond acceptors (Lipinski definition) is 9. The Morgan fingerprint density at radius 2 is 1.77 bits per heavy atom. The number of piperazine rings is 1. The van der Waals surface area contributed by atoms with Gasteiger partial charge in [0.05, 0.1) is 17.7 Å². The van der Waals surface area contributed by atoms with Crippen molar-refractivity contribution < 1.29 is 9.66 Å². The fourth-order valence-corrected chi connectivity index (χ4v) is 3.60. The lowest BCUT2D eigenvalue weighted by atomic mass is 10.2. The first-order valence-corrected chi connectivity index (χ1v) is 9.95. The van der Waals surface area contributed by atoms with Crippen LogP contribution >= 0.6 is 11.6 Å².